The van der Waals surface area contributed by atoms with Gasteiger partial charge in [0.1, 0.15) is 0 Å². The van der Waals surface area contributed by atoms with Crippen LogP contribution in [0.4, 0.5) is 0 Å². The first-order chi connectivity index (χ1) is 7.65. The van der Waals surface area contributed by atoms with Gasteiger partial charge in [-0.2, -0.15) is 0 Å². The highest BCUT2D eigenvalue weighted by Gasteiger charge is 2.28. The van der Waals surface area contributed by atoms with Crippen LogP contribution in [0.25, 0.3) is 0 Å². The molecule has 4 nitrogen and oxygen atoms in total. The van der Waals surface area contributed by atoms with Gasteiger partial charge in [0.05, 0.1) is 6.04 Å². The molecule has 4 heteroatoms. The summed E-state index contributed by atoms with van der Waals surface area (Å²) < 4.78 is 0. The highest BCUT2D eigenvalue weighted by atomic mass is 16.1. The lowest BCUT2D eigenvalue weighted by atomic mass is 10.1. The largest absolute Gasteiger partial charge is 0.368 e. The molecule has 0 radical (unpaired) electrons. The third-order valence-corrected chi connectivity index (χ3v) is 3.60. The van der Waals surface area contributed by atoms with Crippen LogP contribution in [0.2, 0.25) is 0 Å². The third-order valence-electron chi connectivity index (χ3n) is 3.60. The van der Waals surface area contributed by atoms with Crippen molar-refractivity contribution in [2.24, 2.45) is 11.7 Å². The second-order valence-electron chi connectivity index (χ2n) is 5.38. The van der Waals surface area contributed by atoms with E-state index in [4.69, 9.17) is 5.73 Å². The van der Waals surface area contributed by atoms with Crippen molar-refractivity contribution in [3.05, 3.63) is 0 Å². The maximum atomic E-state index is 11.3. The van der Waals surface area contributed by atoms with E-state index < -0.39 is 0 Å². The first kappa shape index (κ1) is 11.9. The number of nitrogens with two attached hydrogens (primary N) is 1. The number of rotatable bonds is 6. The Labute approximate surface area is 97.6 Å². The van der Waals surface area contributed by atoms with Gasteiger partial charge in [-0.25, -0.2) is 0 Å². The number of nitrogens with one attached hydrogen (secondary N) is 1. The Kier molecular flexibility index (Phi) is 3.82. The summed E-state index contributed by atoms with van der Waals surface area (Å²) in [7, 11) is 0. The van der Waals surface area contributed by atoms with E-state index in [0.29, 0.717) is 6.04 Å². The topological polar surface area (TPSA) is 58.4 Å². The van der Waals surface area contributed by atoms with E-state index >= 15 is 0 Å². The normalized spacial score (nSPS) is 28.2. The zero-order valence-corrected chi connectivity index (χ0v) is 10.1. The van der Waals surface area contributed by atoms with Crippen LogP contribution < -0.4 is 11.1 Å². The fraction of sp³-hybridized carbons (Fsp3) is 0.917. The summed E-state index contributed by atoms with van der Waals surface area (Å²) in [5.74, 6) is 0.613. The molecule has 0 aromatic heterocycles. The Morgan fingerprint density at radius 2 is 2.25 bits per heavy atom. The third kappa shape index (κ3) is 3.46. The molecule has 1 aliphatic carbocycles. The van der Waals surface area contributed by atoms with Gasteiger partial charge >= 0.3 is 0 Å². The Balaban J connectivity index is 1.70. The van der Waals surface area contributed by atoms with E-state index in [1.807, 2.05) is 0 Å². The van der Waals surface area contributed by atoms with E-state index in [1.54, 1.807) is 0 Å². The highest BCUT2D eigenvalue weighted by molar-refractivity contribution is 5.79. The molecule has 2 atom stereocenters. The lowest BCUT2D eigenvalue weighted by Gasteiger charge is -2.20. The quantitative estimate of drug-likeness (QED) is 0.684. The number of carbonyl (C=O) groups excluding carboxylic acids is 1. The van der Waals surface area contributed by atoms with E-state index in [1.165, 1.54) is 32.4 Å². The van der Waals surface area contributed by atoms with Crippen LogP contribution in [0.1, 0.15) is 32.6 Å². The van der Waals surface area contributed by atoms with Crippen molar-refractivity contribution in [3.63, 3.8) is 0 Å². The maximum absolute atomic E-state index is 11.3. The van der Waals surface area contributed by atoms with Gasteiger partial charge in [0.25, 0.3) is 0 Å². The molecule has 92 valence electrons. The molecular weight excluding hydrogens is 202 g/mol. The predicted octanol–water partition coefficient (Wildman–Crippen LogP) is 0.324. The Bertz CT molecular complexity index is 253. The van der Waals surface area contributed by atoms with Crippen molar-refractivity contribution in [1.82, 2.24) is 10.2 Å². The lowest BCUT2D eigenvalue weighted by Crippen LogP contribution is -2.44. The van der Waals surface area contributed by atoms with Crippen LogP contribution >= 0.6 is 0 Å². The second kappa shape index (κ2) is 5.15. The lowest BCUT2D eigenvalue weighted by molar-refractivity contribution is -0.120. The predicted molar refractivity (Wildman–Crippen MR) is 64.0 cm³/mol. The van der Waals surface area contributed by atoms with Crippen molar-refractivity contribution in [2.45, 2.75) is 44.7 Å². The molecule has 1 saturated heterocycles. The molecular formula is C12H23N3O. The van der Waals surface area contributed by atoms with E-state index in [2.05, 4.69) is 17.1 Å². The summed E-state index contributed by atoms with van der Waals surface area (Å²) >= 11 is 0. The molecule has 2 unspecified atom stereocenters. The smallest absolute Gasteiger partial charge is 0.234 e. The number of nitrogens with zero attached hydrogens (tertiary/aromatic N) is 1. The van der Waals surface area contributed by atoms with E-state index in [9.17, 15) is 4.79 Å². The molecule has 2 rings (SSSR count). The summed E-state index contributed by atoms with van der Waals surface area (Å²) in [4.78, 5) is 13.7. The van der Waals surface area contributed by atoms with Gasteiger partial charge in [-0.15, -0.1) is 0 Å². The molecule has 16 heavy (non-hydrogen) atoms. The number of likely N-dealkylation sites (tertiary alicyclic amines) is 1. The molecule has 2 fully saturated rings. The van der Waals surface area contributed by atoms with E-state index in [0.717, 1.165) is 18.9 Å². The maximum Gasteiger partial charge on any atom is 0.234 e. The van der Waals surface area contributed by atoms with Crippen LogP contribution in [-0.2, 0) is 4.79 Å². The van der Waals surface area contributed by atoms with Gasteiger partial charge in [0, 0.05) is 19.1 Å². The minimum Gasteiger partial charge on any atom is -0.368 e. The average Bonchev–Trinajstić information content (AvgIpc) is 2.95. The van der Waals surface area contributed by atoms with E-state index in [-0.39, 0.29) is 11.9 Å². The summed E-state index contributed by atoms with van der Waals surface area (Å²) in [6, 6.07) is 0.429. The Morgan fingerprint density at radius 3 is 2.75 bits per heavy atom. The molecule has 1 amide bonds. The minimum absolute atomic E-state index is 0.122. The molecule has 0 spiro atoms. The molecule has 0 bridgehead atoms. The van der Waals surface area contributed by atoms with Crippen molar-refractivity contribution in [3.8, 4) is 0 Å². The monoisotopic (exact) mass is 225 g/mol. The van der Waals surface area contributed by atoms with Gasteiger partial charge in [0.15, 0.2) is 0 Å². The summed E-state index contributed by atoms with van der Waals surface area (Å²) in [5.41, 5.74) is 5.40. The first-order valence-electron chi connectivity index (χ1n) is 6.43. The van der Waals surface area contributed by atoms with Crippen LogP contribution in [0.5, 0.6) is 0 Å². The fourth-order valence-corrected chi connectivity index (χ4v) is 2.38. The number of primary amides is 1. The molecule has 0 aromatic carbocycles. The van der Waals surface area contributed by atoms with Crippen LogP contribution in [0, 0.1) is 5.92 Å². The molecule has 1 heterocycles. The van der Waals surface area contributed by atoms with Gasteiger partial charge in [0.2, 0.25) is 5.91 Å². The first-order valence-corrected chi connectivity index (χ1v) is 6.43. The zero-order chi connectivity index (χ0) is 11.5. The number of hydrogen-bond acceptors (Lipinski definition) is 3. The van der Waals surface area contributed by atoms with Crippen LogP contribution in [0.3, 0.4) is 0 Å². The number of hydrogen-bond donors (Lipinski definition) is 2. The van der Waals surface area contributed by atoms with Crippen LogP contribution in [0.15, 0.2) is 0 Å². The van der Waals surface area contributed by atoms with Gasteiger partial charge in [-0.1, -0.05) is 6.92 Å². The number of amides is 1. The Morgan fingerprint density at radius 1 is 1.50 bits per heavy atom. The van der Waals surface area contributed by atoms with Crippen molar-refractivity contribution in [1.29, 1.82) is 0 Å². The molecule has 0 aromatic rings. The molecule has 3 N–H and O–H groups in total. The number of carbonyl (C=O) groups is 1. The average molecular weight is 225 g/mol. The molecule has 1 saturated carbocycles. The van der Waals surface area contributed by atoms with Crippen molar-refractivity contribution < 1.29 is 4.79 Å². The summed E-state index contributed by atoms with van der Waals surface area (Å²) in [5, 5.41) is 3.32. The van der Waals surface area contributed by atoms with Crippen LogP contribution in [-0.4, -0.2) is 42.5 Å². The minimum atomic E-state index is -0.195. The summed E-state index contributed by atoms with van der Waals surface area (Å²) in [6.07, 6.45) is 4.55. The highest BCUT2D eigenvalue weighted by Crippen LogP contribution is 2.20. The molecule has 1 aliphatic heterocycles. The van der Waals surface area contributed by atoms with Gasteiger partial charge in [-0.05, 0) is 38.1 Å². The van der Waals surface area contributed by atoms with Gasteiger partial charge < -0.3 is 16.0 Å². The Hall–Kier alpha value is -0.610. The van der Waals surface area contributed by atoms with Gasteiger partial charge in [-0.3, -0.25) is 4.79 Å². The molecule has 2 aliphatic rings. The fourth-order valence-electron chi connectivity index (χ4n) is 2.38. The summed E-state index contributed by atoms with van der Waals surface area (Å²) in [6.45, 7) is 5.64. The SMILES string of the molecule is CC1CCN(CCC(NC2CC2)C(N)=O)C1. The zero-order valence-electron chi connectivity index (χ0n) is 10.1. The second-order valence-corrected chi connectivity index (χ2v) is 5.38. The van der Waals surface area contributed by atoms with Crippen molar-refractivity contribution in [2.75, 3.05) is 19.6 Å². The standard InChI is InChI=1S/C12H23N3O/c1-9-4-6-15(8-9)7-5-11(12(13)16)14-10-2-3-10/h9-11,14H,2-8H2,1H3,(H2,13,16). The van der Waals surface area contributed by atoms with Crippen molar-refractivity contribution >= 4 is 5.91 Å².